The van der Waals surface area contributed by atoms with Gasteiger partial charge in [-0.1, -0.05) is 196 Å². The van der Waals surface area contributed by atoms with E-state index in [2.05, 4.69) is 288 Å². The number of benzene rings is 9. The van der Waals surface area contributed by atoms with E-state index in [4.69, 9.17) is 0 Å². The Kier molecular flexibility index (Phi) is 10.5. The van der Waals surface area contributed by atoms with Crippen LogP contribution in [0.5, 0.6) is 0 Å². The Morgan fingerprint density at radius 1 is 0.347 bits per heavy atom. The van der Waals surface area contributed by atoms with Gasteiger partial charge in [-0.05, 0) is 122 Å². The van der Waals surface area contributed by atoms with Gasteiger partial charge in [-0.15, -0.1) is 0 Å². The predicted molar refractivity (Wildman–Crippen MR) is 333 cm³/mol. The van der Waals surface area contributed by atoms with Crippen LogP contribution in [0.4, 0.5) is 34.1 Å². The molecule has 75 heavy (non-hydrogen) atoms. The van der Waals surface area contributed by atoms with E-state index in [1.807, 2.05) is 0 Å². The van der Waals surface area contributed by atoms with Crippen molar-refractivity contribution in [2.75, 3.05) is 9.80 Å². The molecule has 9 aromatic carbocycles. The molecule has 0 radical (unpaired) electrons. The molecule has 0 spiro atoms. The van der Waals surface area contributed by atoms with Crippen LogP contribution in [0, 0.1) is 0 Å². The number of anilines is 6. The van der Waals surface area contributed by atoms with Crippen molar-refractivity contribution in [1.82, 2.24) is 9.13 Å². The van der Waals surface area contributed by atoms with Crippen molar-refractivity contribution in [2.45, 2.75) is 91.7 Å². The van der Waals surface area contributed by atoms with Crippen LogP contribution in [0.25, 0.3) is 55.0 Å². The average molecular weight is 1010 g/mol. The molecule has 0 aliphatic carbocycles. The normalized spacial score (nSPS) is 13.8. The summed E-state index contributed by atoms with van der Waals surface area (Å²) >= 11 is 0. The third kappa shape index (κ3) is 7.21. The van der Waals surface area contributed by atoms with Crippen LogP contribution in [-0.2, 0) is 10.8 Å². The number of hydrogen-bond donors (Lipinski definition) is 0. The summed E-state index contributed by atoms with van der Waals surface area (Å²) in [6, 6.07) is 72.5. The second kappa shape index (κ2) is 16.6. The largest absolute Gasteiger partial charge is 0.312 e. The van der Waals surface area contributed by atoms with Crippen LogP contribution in [0.15, 0.2) is 188 Å². The summed E-state index contributed by atoms with van der Waals surface area (Å²) in [5, 5.41) is 8.04. The Balaban J connectivity index is 1.18. The molecule has 2 aliphatic rings. The van der Waals surface area contributed by atoms with Gasteiger partial charge < -0.3 is 18.9 Å². The minimum atomic E-state index is -1.88. The highest BCUT2D eigenvalue weighted by atomic mass is 28.3. The molecule has 2 aromatic heterocycles. The minimum Gasteiger partial charge on any atom is -0.312 e. The predicted octanol–water partition coefficient (Wildman–Crippen LogP) is 15.6. The Bertz CT molecular complexity index is 3890. The molecule has 0 unspecified atom stereocenters. The van der Waals surface area contributed by atoms with Crippen molar-refractivity contribution in [2.24, 2.45) is 0 Å². The molecular formula is C68H67BN4Si2. The van der Waals surface area contributed by atoms with Gasteiger partial charge in [0.25, 0.3) is 6.71 Å². The first-order chi connectivity index (χ1) is 35.8. The lowest BCUT2D eigenvalue weighted by Crippen LogP contribution is -2.62. The molecule has 370 valence electrons. The molecule has 4 heterocycles. The van der Waals surface area contributed by atoms with E-state index >= 15 is 0 Å². The van der Waals surface area contributed by atoms with Crippen LogP contribution >= 0.6 is 0 Å². The Morgan fingerprint density at radius 2 is 0.707 bits per heavy atom. The molecule has 13 rings (SSSR count). The van der Waals surface area contributed by atoms with E-state index in [-0.39, 0.29) is 17.5 Å². The third-order valence-corrected chi connectivity index (χ3v) is 20.5. The standard InChI is InChI=1S/C68H67BN4Si2/c1-67(2,3)50-28-21-26-48-46-24-13-15-30-54(46)70(65(48)50)44-38-40-56-52(42-44)69-53-43-45(71-55-31-16-14-25-47(55)49-27-22-29-51(66(49)71)68(4,5)6)39-41-57(53)73(59-33-18-20-37-63(59)75(10,11)12)61-35-23-34-60(64(61)69)72(56)58-32-17-19-36-62(58)74(7,8)9/h13-43H,1-12H3. The number of para-hydroxylation sites is 6. The van der Waals surface area contributed by atoms with Crippen molar-refractivity contribution in [3.05, 3.63) is 199 Å². The van der Waals surface area contributed by atoms with Crippen molar-refractivity contribution < 1.29 is 0 Å². The molecule has 4 nitrogen and oxygen atoms in total. The Morgan fingerprint density at radius 3 is 1.12 bits per heavy atom. The fraction of sp³-hybridized carbons (Fsp3) is 0.206. The molecule has 2 aliphatic heterocycles. The number of rotatable bonds is 6. The zero-order valence-corrected chi connectivity index (χ0v) is 47.8. The summed E-state index contributed by atoms with van der Waals surface area (Å²) in [5.74, 6) is 0. The summed E-state index contributed by atoms with van der Waals surface area (Å²) < 4.78 is 5.16. The summed E-state index contributed by atoms with van der Waals surface area (Å²) in [4.78, 5) is 5.29. The molecular weight excluding hydrogens is 940 g/mol. The van der Waals surface area contributed by atoms with Gasteiger partial charge in [-0.25, -0.2) is 0 Å². The second-order valence-corrected chi connectivity index (χ2v) is 35.5. The maximum Gasteiger partial charge on any atom is 0.252 e. The molecule has 0 saturated heterocycles. The Hall–Kier alpha value is -7.32. The number of fused-ring (bicyclic) bond motifs is 10. The van der Waals surface area contributed by atoms with E-state index in [9.17, 15) is 0 Å². The number of nitrogens with zero attached hydrogens (tertiary/aromatic N) is 4. The highest BCUT2D eigenvalue weighted by molar-refractivity contribution is 7.00. The quantitative estimate of drug-likeness (QED) is 0.154. The van der Waals surface area contributed by atoms with E-state index in [0.29, 0.717) is 0 Å². The summed E-state index contributed by atoms with van der Waals surface area (Å²) in [6.07, 6.45) is 0. The van der Waals surface area contributed by atoms with Crippen LogP contribution in [0.1, 0.15) is 52.7 Å². The summed E-state index contributed by atoms with van der Waals surface area (Å²) in [7, 11) is -3.75. The fourth-order valence-electron chi connectivity index (χ4n) is 13.1. The van der Waals surface area contributed by atoms with Crippen molar-refractivity contribution in [3.63, 3.8) is 0 Å². The maximum atomic E-state index is 2.65. The topological polar surface area (TPSA) is 16.3 Å². The van der Waals surface area contributed by atoms with Gasteiger partial charge in [0.15, 0.2) is 0 Å². The first-order valence-electron chi connectivity index (χ1n) is 27.1. The average Bonchev–Trinajstić information content (AvgIpc) is 3.98. The van der Waals surface area contributed by atoms with Crippen molar-refractivity contribution >= 4 is 127 Å². The SMILES string of the molecule is CC(C)(C)c1cccc2c3ccccc3n(-c3ccc4c(c3)B3c5cc(-n6c7ccccc7c7cccc(C(C)(C)C)c76)ccc5N(c5ccccc5[Si](C)(C)C)c5cccc(c53)N4c3ccccc3[Si](C)(C)C)c12. The zero-order chi connectivity index (χ0) is 52.1. The lowest BCUT2D eigenvalue weighted by molar-refractivity contribution is 0.593. The Labute approximate surface area is 446 Å². The summed E-state index contributed by atoms with van der Waals surface area (Å²) in [6.45, 7) is 29.0. The molecule has 0 bridgehead atoms. The highest BCUT2D eigenvalue weighted by Gasteiger charge is 2.45. The number of aromatic nitrogens is 2. The molecule has 0 amide bonds. The second-order valence-electron chi connectivity index (χ2n) is 25.4. The molecule has 7 heteroatoms. The summed E-state index contributed by atoms with van der Waals surface area (Å²) in [5.41, 5.74) is 21.4. The molecule has 0 atom stereocenters. The van der Waals surface area contributed by atoms with E-state index in [1.54, 1.807) is 0 Å². The van der Waals surface area contributed by atoms with Crippen LogP contribution in [-0.4, -0.2) is 32.0 Å². The lowest BCUT2D eigenvalue weighted by Gasteiger charge is -2.45. The van der Waals surface area contributed by atoms with Gasteiger partial charge in [-0.3, -0.25) is 0 Å². The zero-order valence-electron chi connectivity index (χ0n) is 45.8. The molecule has 0 fully saturated rings. The first kappa shape index (κ1) is 47.4. The fourth-order valence-corrected chi connectivity index (χ4v) is 16.2. The molecule has 11 aromatic rings. The van der Waals surface area contributed by atoms with Crippen LogP contribution in [0.2, 0.25) is 39.3 Å². The number of hydrogen-bond acceptors (Lipinski definition) is 2. The van der Waals surface area contributed by atoms with Crippen molar-refractivity contribution in [1.29, 1.82) is 0 Å². The minimum absolute atomic E-state index is 0.0842. The highest BCUT2D eigenvalue weighted by Crippen LogP contribution is 2.47. The maximum absolute atomic E-state index is 2.65. The van der Waals surface area contributed by atoms with E-state index < -0.39 is 16.1 Å². The van der Waals surface area contributed by atoms with Gasteiger partial charge in [0.05, 0.1) is 38.2 Å². The van der Waals surface area contributed by atoms with Gasteiger partial charge >= 0.3 is 0 Å². The molecule has 0 N–H and O–H groups in total. The van der Waals surface area contributed by atoms with E-state index in [0.717, 1.165) is 0 Å². The monoisotopic (exact) mass is 1010 g/mol. The van der Waals surface area contributed by atoms with Gasteiger partial charge in [0.2, 0.25) is 0 Å². The first-order valence-corrected chi connectivity index (χ1v) is 34.1. The van der Waals surface area contributed by atoms with Crippen LogP contribution < -0.4 is 36.6 Å². The van der Waals surface area contributed by atoms with E-state index in [1.165, 1.54) is 127 Å². The van der Waals surface area contributed by atoms with Crippen LogP contribution in [0.3, 0.4) is 0 Å². The lowest BCUT2D eigenvalue weighted by atomic mass is 9.33. The van der Waals surface area contributed by atoms with Crippen molar-refractivity contribution in [3.8, 4) is 11.4 Å². The van der Waals surface area contributed by atoms with Gasteiger partial charge in [0.1, 0.15) is 0 Å². The molecule has 0 saturated carbocycles. The van der Waals surface area contributed by atoms with Gasteiger partial charge in [0, 0.05) is 67.0 Å². The van der Waals surface area contributed by atoms with Gasteiger partial charge in [-0.2, -0.15) is 0 Å². The smallest absolute Gasteiger partial charge is 0.252 e. The third-order valence-electron chi connectivity index (χ3n) is 16.4.